The van der Waals surface area contributed by atoms with E-state index in [0.717, 1.165) is 17.7 Å². The van der Waals surface area contributed by atoms with Gasteiger partial charge in [0.15, 0.2) is 12.0 Å². The van der Waals surface area contributed by atoms with E-state index < -0.39 is 18.4 Å². The van der Waals surface area contributed by atoms with Crippen molar-refractivity contribution < 1.29 is 23.1 Å². The fourth-order valence-corrected chi connectivity index (χ4v) is 4.01. The number of amides is 1. The van der Waals surface area contributed by atoms with Gasteiger partial charge in [0.25, 0.3) is 0 Å². The van der Waals surface area contributed by atoms with Gasteiger partial charge >= 0.3 is 6.18 Å². The van der Waals surface area contributed by atoms with Crippen molar-refractivity contribution in [3.63, 3.8) is 0 Å². The first-order chi connectivity index (χ1) is 14.8. The Kier molecular flexibility index (Phi) is 4.74. The van der Waals surface area contributed by atoms with Crippen LogP contribution in [-0.4, -0.2) is 54.3 Å². The van der Waals surface area contributed by atoms with Crippen LogP contribution in [0, 0.1) is 5.92 Å². The van der Waals surface area contributed by atoms with Crippen LogP contribution in [0.5, 0.6) is 0 Å². The summed E-state index contributed by atoms with van der Waals surface area (Å²) < 4.78 is 41.4. The lowest BCUT2D eigenvalue weighted by Crippen LogP contribution is -2.43. The number of pyridine rings is 1. The zero-order valence-corrected chi connectivity index (χ0v) is 16.4. The molecule has 3 aromatic heterocycles. The minimum Gasteiger partial charge on any atom is -0.372 e. The predicted octanol–water partition coefficient (Wildman–Crippen LogP) is 3.09. The van der Waals surface area contributed by atoms with Gasteiger partial charge in [-0.05, 0) is 43.9 Å². The second-order valence-corrected chi connectivity index (χ2v) is 8.09. The van der Waals surface area contributed by atoms with Crippen LogP contribution >= 0.6 is 0 Å². The topological polar surface area (TPSA) is 98.5 Å². The summed E-state index contributed by atoms with van der Waals surface area (Å²) in [5.41, 5.74) is 2.04. The third kappa shape index (κ3) is 3.90. The van der Waals surface area contributed by atoms with Crippen LogP contribution in [0.3, 0.4) is 0 Å². The molecule has 2 fully saturated rings. The number of imidazole rings is 1. The lowest BCUT2D eigenvalue weighted by Gasteiger charge is -2.29. The second kappa shape index (κ2) is 7.34. The van der Waals surface area contributed by atoms with Gasteiger partial charge in [-0.1, -0.05) is 0 Å². The number of halogens is 3. The number of anilines is 1. The number of aliphatic hydroxyl groups excluding tert-OH is 1. The molecule has 0 aromatic carbocycles. The maximum absolute atomic E-state index is 13.2. The van der Waals surface area contributed by atoms with E-state index in [-0.39, 0.29) is 30.5 Å². The van der Waals surface area contributed by atoms with Gasteiger partial charge in [0.05, 0.1) is 11.9 Å². The predicted molar refractivity (Wildman–Crippen MR) is 105 cm³/mol. The molecule has 1 unspecified atom stereocenters. The first kappa shape index (κ1) is 20.0. The molecule has 2 atom stereocenters. The van der Waals surface area contributed by atoms with Crippen LogP contribution in [0.1, 0.15) is 37.6 Å². The molecule has 1 saturated carbocycles. The van der Waals surface area contributed by atoms with Crippen molar-refractivity contribution in [2.45, 2.75) is 44.1 Å². The number of likely N-dealkylation sites (tertiary alicyclic amines) is 1. The number of carbonyl (C=O) groups is 1. The van der Waals surface area contributed by atoms with Crippen molar-refractivity contribution >= 4 is 17.4 Å². The van der Waals surface area contributed by atoms with E-state index >= 15 is 0 Å². The number of hydrogen-bond acceptors (Lipinski definition) is 5. The monoisotopic (exact) mass is 434 g/mol. The van der Waals surface area contributed by atoms with Crippen LogP contribution < -0.4 is 5.32 Å². The molecule has 0 spiro atoms. The number of nitrogens with one attached hydrogen (secondary N) is 2. The quantitative estimate of drug-likeness (QED) is 0.573. The van der Waals surface area contributed by atoms with Crippen LogP contribution in [0.4, 0.5) is 19.0 Å². The first-order valence-corrected chi connectivity index (χ1v) is 10.2. The average molecular weight is 434 g/mol. The van der Waals surface area contributed by atoms with Gasteiger partial charge in [-0.2, -0.15) is 18.3 Å². The second-order valence-electron chi connectivity index (χ2n) is 8.09. The van der Waals surface area contributed by atoms with Gasteiger partial charge in [0.2, 0.25) is 5.91 Å². The fourth-order valence-electron chi connectivity index (χ4n) is 4.01. The summed E-state index contributed by atoms with van der Waals surface area (Å²) in [6.07, 6.45) is -0.228. The molecule has 1 aliphatic carbocycles. The van der Waals surface area contributed by atoms with E-state index in [1.807, 2.05) is 0 Å². The zero-order valence-electron chi connectivity index (χ0n) is 16.4. The van der Waals surface area contributed by atoms with E-state index in [1.54, 1.807) is 35.0 Å². The first-order valence-electron chi connectivity index (χ1n) is 10.2. The number of hydrogen-bond donors (Lipinski definition) is 3. The lowest BCUT2D eigenvalue weighted by molar-refractivity contribution is -0.196. The molecule has 2 aliphatic rings. The van der Waals surface area contributed by atoms with Gasteiger partial charge in [-0.25, -0.2) is 4.98 Å². The van der Waals surface area contributed by atoms with Crippen molar-refractivity contribution in [2.75, 3.05) is 11.9 Å². The summed E-state index contributed by atoms with van der Waals surface area (Å²) in [6, 6.07) is 3.42. The van der Waals surface area contributed by atoms with Crippen LogP contribution in [0.2, 0.25) is 0 Å². The van der Waals surface area contributed by atoms with Crippen molar-refractivity contribution in [1.82, 2.24) is 24.5 Å². The maximum atomic E-state index is 13.2. The summed E-state index contributed by atoms with van der Waals surface area (Å²) in [5.74, 6) is 0.500. The molecule has 1 amide bonds. The minimum atomic E-state index is -4.39. The number of fused-ring (bicyclic) bond motifs is 1. The van der Waals surface area contributed by atoms with Gasteiger partial charge in [-0.3, -0.25) is 14.8 Å². The highest BCUT2D eigenvalue weighted by Gasteiger charge is 2.48. The highest BCUT2D eigenvalue weighted by Crippen LogP contribution is 2.37. The van der Waals surface area contributed by atoms with Crippen LogP contribution in [-0.2, 0) is 4.79 Å². The van der Waals surface area contributed by atoms with Gasteiger partial charge in [0.1, 0.15) is 17.4 Å². The lowest BCUT2D eigenvalue weighted by atomic mass is 10.2. The van der Waals surface area contributed by atoms with Crippen LogP contribution in [0.15, 0.2) is 30.6 Å². The molecule has 1 aliphatic heterocycles. The van der Waals surface area contributed by atoms with E-state index in [0.29, 0.717) is 29.1 Å². The average Bonchev–Trinajstić information content (AvgIpc) is 3.13. The molecule has 3 aromatic rings. The standard InChI is InChI=1S/C20H21F3N6O2/c21-20(22,23)15-2-1-7-29(15)19(31)14-8-13(26-27-14)12-5-6-17-24-16(10-28(17)9-12)25-18(30)11-3-4-11/h5-6,8-11,15,19,31H,1-4,7H2,(H,25,30)(H,26,27)/t15-,19?/m1/s1. The molecule has 4 heterocycles. The molecule has 11 heteroatoms. The van der Waals surface area contributed by atoms with Gasteiger partial charge in [0, 0.05) is 24.2 Å². The molecule has 0 radical (unpaired) electrons. The molecule has 1 saturated heterocycles. The molecule has 5 rings (SSSR count). The third-order valence-electron chi connectivity index (χ3n) is 5.81. The zero-order chi connectivity index (χ0) is 21.8. The number of H-pyrrole nitrogens is 1. The number of aromatic amines is 1. The summed E-state index contributed by atoms with van der Waals surface area (Å²) in [5, 5.41) is 20.1. The maximum Gasteiger partial charge on any atom is 0.404 e. The summed E-state index contributed by atoms with van der Waals surface area (Å²) in [4.78, 5) is 17.3. The number of nitrogens with zero attached hydrogens (tertiary/aromatic N) is 4. The molecule has 0 bridgehead atoms. The van der Waals surface area contributed by atoms with Crippen LogP contribution in [0.25, 0.3) is 16.9 Å². The largest absolute Gasteiger partial charge is 0.404 e. The number of rotatable bonds is 5. The van der Waals surface area contributed by atoms with E-state index in [4.69, 9.17) is 0 Å². The highest BCUT2D eigenvalue weighted by molar-refractivity contribution is 5.93. The number of alkyl halides is 3. The Balaban J connectivity index is 1.35. The Labute approximate surface area is 175 Å². The SMILES string of the molecule is O=C(Nc1cn2cc(-c3cc(C(O)N4CCC[C@@H]4C(F)(F)F)n[nH]3)ccc2n1)C1CC1. The van der Waals surface area contributed by atoms with E-state index in [1.165, 1.54) is 0 Å². The third-order valence-corrected chi connectivity index (χ3v) is 5.81. The van der Waals surface area contributed by atoms with Crippen molar-refractivity contribution in [3.05, 3.63) is 36.3 Å². The molecule has 31 heavy (non-hydrogen) atoms. The number of aromatic nitrogens is 4. The number of carbonyl (C=O) groups excluding carboxylic acids is 1. The molecular weight excluding hydrogens is 413 g/mol. The van der Waals surface area contributed by atoms with Gasteiger partial charge in [-0.15, -0.1) is 0 Å². The Morgan fingerprint density at radius 3 is 2.81 bits per heavy atom. The normalized spacial score (nSPS) is 21.0. The van der Waals surface area contributed by atoms with Crippen molar-refractivity contribution in [1.29, 1.82) is 0 Å². The van der Waals surface area contributed by atoms with Crippen molar-refractivity contribution in [3.8, 4) is 11.3 Å². The Morgan fingerprint density at radius 2 is 2.06 bits per heavy atom. The van der Waals surface area contributed by atoms with E-state index in [9.17, 15) is 23.1 Å². The molecule has 8 nitrogen and oxygen atoms in total. The smallest absolute Gasteiger partial charge is 0.372 e. The Hall–Kier alpha value is -2.92. The van der Waals surface area contributed by atoms with E-state index in [2.05, 4.69) is 20.5 Å². The fraction of sp³-hybridized carbons (Fsp3) is 0.450. The molecule has 164 valence electrons. The molecule has 3 N–H and O–H groups in total. The molecular formula is C20H21F3N6O2. The number of aliphatic hydroxyl groups is 1. The Morgan fingerprint density at radius 1 is 1.26 bits per heavy atom. The minimum absolute atomic E-state index is 0.0325. The van der Waals surface area contributed by atoms with Crippen molar-refractivity contribution in [2.24, 2.45) is 5.92 Å². The highest BCUT2D eigenvalue weighted by atomic mass is 19.4. The summed E-state index contributed by atoms with van der Waals surface area (Å²) >= 11 is 0. The summed E-state index contributed by atoms with van der Waals surface area (Å²) in [7, 11) is 0. The Bertz CT molecular complexity index is 1120. The van der Waals surface area contributed by atoms with Gasteiger partial charge < -0.3 is 14.8 Å². The summed E-state index contributed by atoms with van der Waals surface area (Å²) in [6.45, 7) is 0.157.